The molecule has 0 aliphatic heterocycles. The molecule has 2 N–H and O–H groups in total. The fourth-order valence-corrected chi connectivity index (χ4v) is 2.94. The number of rotatable bonds is 3. The van der Waals surface area contributed by atoms with Gasteiger partial charge in [-0.15, -0.1) is 0 Å². The van der Waals surface area contributed by atoms with Gasteiger partial charge in [0.05, 0.1) is 22.8 Å². The largest absolute Gasteiger partial charge is 0.382 e. The standard InChI is InChI=1S/C17H16ClN5O/c1-9-14(11(3)24-22-9)8-23-10(2)16(17(20)21-23)12-4-5-13(7-19)15(18)6-12/h4-6H,8H2,1-3H3,(H2,20,21). The number of nitriles is 1. The van der Waals surface area contributed by atoms with E-state index < -0.39 is 0 Å². The summed E-state index contributed by atoms with van der Waals surface area (Å²) in [6.45, 7) is 6.25. The SMILES string of the molecule is Cc1noc(C)c1Cn1nc(N)c(-c2ccc(C#N)c(Cl)c2)c1C. The first kappa shape index (κ1) is 16.1. The van der Waals surface area contributed by atoms with Crippen LogP contribution in [0.2, 0.25) is 5.02 Å². The molecule has 0 saturated carbocycles. The van der Waals surface area contributed by atoms with E-state index in [0.717, 1.165) is 33.8 Å². The van der Waals surface area contributed by atoms with Crippen molar-refractivity contribution < 1.29 is 4.52 Å². The van der Waals surface area contributed by atoms with Gasteiger partial charge in [-0.25, -0.2) is 0 Å². The molecule has 0 aliphatic rings. The lowest BCUT2D eigenvalue weighted by molar-refractivity contribution is 0.391. The smallest absolute Gasteiger partial charge is 0.153 e. The average Bonchev–Trinajstić information content (AvgIpc) is 3.00. The maximum atomic E-state index is 9.00. The van der Waals surface area contributed by atoms with Crippen molar-refractivity contribution in [2.24, 2.45) is 0 Å². The molecule has 0 radical (unpaired) electrons. The fraction of sp³-hybridized carbons (Fsp3) is 0.235. The lowest BCUT2D eigenvalue weighted by Crippen LogP contribution is -2.05. The molecule has 0 fully saturated rings. The number of anilines is 1. The summed E-state index contributed by atoms with van der Waals surface area (Å²) in [6.07, 6.45) is 0. The Hall–Kier alpha value is -2.78. The monoisotopic (exact) mass is 341 g/mol. The summed E-state index contributed by atoms with van der Waals surface area (Å²) in [4.78, 5) is 0. The van der Waals surface area contributed by atoms with Gasteiger partial charge in [-0.3, -0.25) is 4.68 Å². The maximum absolute atomic E-state index is 9.00. The van der Waals surface area contributed by atoms with Gasteiger partial charge in [0, 0.05) is 16.8 Å². The van der Waals surface area contributed by atoms with Gasteiger partial charge in [0.15, 0.2) is 5.82 Å². The van der Waals surface area contributed by atoms with Crippen LogP contribution in [0.25, 0.3) is 11.1 Å². The Morgan fingerprint density at radius 1 is 1.33 bits per heavy atom. The molecule has 2 heterocycles. The van der Waals surface area contributed by atoms with Gasteiger partial charge in [-0.05, 0) is 38.5 Å². The van der Waals surface area contributed by atoms with Gasteiger partial charge in [0.2, 0.25) is 0 Å². The Kier molecular flexibility index (Phi) is 4.04. The van der Waals surface area contributed by atoms with Crippen molar-refractivity contribution in [3.63, 3.8) is 0 Å². The van der Waals surface area contributed by atoms with E-state index in [1.54, 1.807) is 12.1 Å². The van der Waals surface area contributed by atoms with Gasteiger partial charge in [0.25, 0.3) is 0 Å². The minimum Gasteiger partial charge on any atom is -0.382 e. The Balaban J connectivity index is 2.04. The van der Waals surface area contributed by atoms with Crippen LogP contribution in [-0.4, -0.2) is 14.9 Å². The molecule has 6 nitrogen and oxygen atoms in total. The van der Waals surface area contributed by atoms with Crippen LogP contribution in [0, 0.1) is 32.1 Å². The Morgan fingerprint density at radius 2 is 2.08 bits per heavy atom. The van der Waals surface area contributed by atoms with E-state index >= 15 is 0 Å². The summed E-state index contributed by atoms with van der Waals surface area (Å²) in [5.41, 5.74) is 10.9. The lowest BCUT2D eigenvalue weighted by atomic mass is 10.0. The summed E-state index contributed by atoms with van der Waals surface area (Å²) >= 11 is 6.14. The molecule has 3 aromatic rings. The van der Waals surface area contributed by atoms with E-state index in [9.17, 15) is 0 Å². The van der Waals surface area contributed by atoms with Crippen molar-refractivity contribution in [1.82, 2.24) is 14.9 Å². The molecule has 3 rings (SSSR count). The molecule has 0 atom stereocenters. The van der Waals surface area contributed by atoms with E-state index in [-0.39, 0.29) is 0 Å². The van der Waals surface area contributed by atoms with Crippen LogP contribution in [0.5, 0.6) is 0 Å². The Labute approximate surface area is 144 Å². The lowest BCUT2D eigenvalue weighted by Gasteiger charge is -2.06. The van der Waals surface area contributed by atoms with Crippen molar-refractivity contribution in [1.29, 1.82) is 5.26 Å². The molecule has 0 spiro atoms. The highest BCUT2D eigenvalue weighted by Crippen LogP contribution is 2.32. The summed E-state index contributed by atoms with van der Waals surface area (Å²) in [6, 6.07) is 7.29. The number of hydrogen-bond donors (Lipinski definition) is 1. The first-order valence-electron chi connectivity index (χ1n) is 7.37. The number of hydrogen-bond acceptors (Lipinski definition) is 5. The molecule has 2 aromatic heterocycles. The van der Waals surface area contributed by atoms with Crippen LogP contribution in [-0.2, 0) is 6.54 Å². The molecule has 0 bridgehead atoms. The van der Waals surface area contributed by atoms with Crippen LogP contribution in [0.15, 0.2) is 22.7 Å². The number of halogens is 1. The summed E-state index contributed by atoms with van der Waals surface area (Å²) < 4.78 is 7.02. The zero-order chi connectivity index (χ0) is 17.4. The predicted molar refractivity (Wildman–Crippen MR) is 91.6 cm³/mol. The highest BCUT2D eigenvalue weighted by Gasteiger charge is 2.18. The minimum absolute atomic E-state index is 0.396. The van der Waals surface area contributed by atoms with Crippen molar-refractivity contribution in [2.75, 3.05) is 5.73 Å². The van der Waals surface area contributed by atoms with Gasteiger partial charge < -0.3 is 10.3 Å². The zero-order valence-electron chi connectivity index (χ0n) is 13.6. The second-order valence-electron chi connectivity index (χ2n) is 5.61. The molecule has 0 aliphatic carbocycles. The van der Waals surface area contributed by atoms with Crippen molar-refractivity contribution in [3.05, 3.63) is 51.5 Å². The fourth-order valence-electron chi connectivity index (χ4n) is 2.72. The average molecular weight is 342 g/mol. The third-order valence-corrected chi connectivity index (χ3v) is 4.41. The molecule has 0 amide bonds. The first-order chi connectivity index (χ1) is 11.4. The normalized spacial score (nSPS) is 10.8. The summed E-state index contributed by atoms with van der Waals surface area (Å²) in [7, 11) is 0. The number of nitrogen functional groups attached to an aromatic ring is 1. The number of nitrogens with zero attached hydrogens (tertiary/aromatic N) is 4. The highest BCUT2D eigenvalue weighted by atomic mass is 35.5. The minimum atomic E-state index is 0.396. The summed E-state index contributed by atoms with van der Waals surface area (Å²) in [5, 5.41) is 17.8. The van der Waals surface area contributed by atoms with Gasteiger partial charge in [0.1, 0.15) is 11.8 Å². The third-order valence-electron chi connectivity index (χ3n) is 4.10. The number of benzene rings is 1. The van der Waals surface area contributed by atoms with E-state index in [2.05, 4.69) is 10.3 Å². The topological polar surface area (TPSA) is 93.7 Å². The second-order valence-corrected chi connectivity index (χ2v) is 6.02. The molecule has 7 heteroatoms. The van der Waals surface area contributed by atoms with E-state index in [1.807, 2.05) is 37.6 Å². The molecule has 0 saturated heterocycles. The van der Waals surface area contributed by atoms with Crippen LogP contribution in [0.4, 0.5) is 5.82 Å². The Bertz CT molecular complexity index is 945. The molecule has 0 unspecified atom stereocenters. The van der Waals surface area contributed by atoms with Crippen molar-refractivity contribution in [3.8, 4) is 17.2 Å². The van der Waals surface area contributed by atoms with E-state index in [0.29, 0.717) is 22.9 Å². The van der Waals surface area contributed by atoms with Crippen LogP contribution in [0.1, 0.15) is 28.3 Å². The van der Waals surface area contributed by atoms with Crippen LogP contribution in [0.3, 0.4) is 0 Å². The molecular formula is C17H16ClN5O. The Morgan fingerprint density at radius 3 is 2.67 bits per heavy atom. The zero-order valence-corrected chi connectivity index (χ0v) is 14.3. The number of aromatic nitrogens is 3. The van der Waals surface area contributed by atoms with E-state index in [1.165, 1.54) is 0 Å². The van der Waals surface area contributed by atoms with E-state index in [4.69, 9.17) is 27.1 Å². The molecule has 1 aromatic carbocycles. The third kappa shape index (κ3) is 2.63. The number of aryl methyl sites for hydroxylation is 2. The molecular weight excluding hydrogens is 326 g/mol. The molecule has 24 heavy (non-hydrogen) atoms. The quantitative estimate of drug-likeness (QED) is 0.785. The van der Waals surface area contributed by atoms with Gasteiger partial charge >= 0.3 is 0 Å². The molecule has 122 valence electrons. The van der Waals surface area contributed by atoms with Crippen molar-refractivity contribution >= 4 is 17.4 Å². The van der Waals surface area contributed by atoms with Gasteiger partial charge in [-0.2, -0.15) is 10.4 Å². The maximum Gasteiger partial charge on any atom is 0.153 e. The van der Waals surface area contributed by atoms with Crippen molar-refractivity contribution in [2.45, 2.75) is 27.3 Å². The highest BCUT2D eigenvalue weighted by molar-refractivity contribution is 6.32. The predicted octanol–water partition coefficient (Wildman–Crippen LogP) is 3.62. The van der Waals surface area contributed by atoms with Crippen LogP contribution < -0.4 is 5.73 Å². The van der Waals surface area contributed by atoms with Gasteiger partial charge in [-0.1, -0.05) is 22.8 Å². The second kappa shape index (κ2) is 6.02. The number of nitrogens with two attached hydrogens (primary N) is 1. The first-order valence-corrected chi connectivity index (χ1v) is 7.74. The summed E-state index contributed by atoms with van der Waals surface area (Å²) in [5.74, 6) is 1.18. The van der Waals surface area contributed by atoms with Crippen LogP contribution >= 0.6 is 11.6 Å².